The third kappa shape index (κ3) is 5.09. The second-order valence-electron chi connectivity index (χ2n) is 6.66. The predicted molar refractivity (Wildman–Crippen MR) is 103 cm³/mol. The standard InChI is InChI=1S/C21H22N4O3/c22-13-16-1-3-17(4-2-16)14-24-9-11-25(12-10-24)21(27)18-5-7-19(8-6-18)28-15-20(23)26/h1-8H,9-12,14-15H2,(H2,23,26). The van der Waals surface area contributed by atoms with Gasteiger partial charge in [0.2, 0.25) is 0 Å². The molecule has 0 aliphatic carbocycles. The van der Waals surface area contributed by atoms with Crippen molar-refractivity contribution in [3.8, 4) is 11.8 Å². The quantitative estimate of drug-likeness (QED) is 0.819. The van der Waals surface area contributed by atoms with Gasteiger partial charge in [0.25, 0.3) is 11.8 Å². The molecule has 2 N–H and O–H groups in total. The molecule has 7 heteroatoms. The van der Waals surface area contributed by atoms with Gasteiger partial charge in [-0.3, -0.25) is 14.5 Å². The van der Waals surface area contributed by atoms with Crippen LogP contribution in [-0.2, 0) is 11.3 Å². The molecule has 1 saturated heterocycles. The lowest BCUT2D eigenvalue weighted by Crippen LogP contribution is -2.48. The van der Waals surface area contributed by atoms with Gasteiger partial charge in [0.1, 0.15) is 5.75 Å². The first kappa shape index (κ1) is 19.4. The van der Waals surface area contributed by atoms with Crippen LogP contribution in [0.15, 0.2) is 48.5 Å². The zero-order chi connectivity index (χ0) is 19.9. The minimum atomic E-state index is -0.543. The van der Waals surface area contributed by atoms with Gasteiger partial charge in [-0.2, -0.15) is 5.26 Å². The maximum atomic E-state index is 12.7. The Hall–Kier alpha value is -3.37. The Morgan fingerprint density at radius 1 is 1.00 bits per heavy atom. The highest BCUT2D eigenvalue weighted by atomic mass is 16.5. The van der Waals surface area contributed by atoms with Gasteiger partial charge >= 0.3 is 0 Å². The summed E-state index contributed by atoms with van der Waals surface area (Å²) < 4.78 is 5.21. The van der Waals surface area contributed by atoms with Crippen molar-refractivity contribution in [1.82, 2.24) is 9.80 Å². The first-order valence-corrected chi connectivity index (χ1v) is 9.07. The molecule has 0 aromatic heterocycles. The van der Waals surface area contributed by atoms with E-state index in [1.807, 2.05) is 29.2 Å². The van der Waals surface area contributed by atoms with Crippen LogP contribution >= 0.6 is 0 Å². The summed E-state index contributed by atoms with van der Waals surface area (Å²) in [6, 6.07) is 16.4. The van der Waals surface area contributed by atoms with Crippen LogP contribution in [0, 0.1) is 11.3 Å². The number of carbonyl (C=O) groups is 2. The van der Waals surface area contributed by atoms with Crippen molar-refractivity contribution in [2.75, 3.05) is 32.8 Å². The smallest absolute Gasteiger partial charge is 0.255 e. The summed E-state index contributed by atoms with van der Waals surface area (Å²) in [5.41, 5.74) is 7.45. The van der Waals surface area contributed by atoms with Crippen LogP contribution in [0.2, 0.25) is 0 Å². The van der Waals surface area contributed by atoms with E-state index < -0.39 is 5.91 Å². The van der Waals surface area contributed by atoms with Crippen molar-refractivity contribution in [3.63, 3.8) is 0 Å². The molecule has 3 rings (SSSR count). The number of hydrogen-bond donors (Lipinski definition) is 1. The van der Waals surface area contributed by atoms with Crippen LogP contribution in [0.4, 0.5) is 0 Å². The minimum absolute atomic E-state index is 0.0144. The Labute approximate surface area is 163 Å². The van der Waals surface area contributed by atoms with Crippen molar-refractivity contribution in [2.45, 2.75) is 6.54 Å². The number of carbonyl (C=O) groups excluding carboxylic acids is 2. The van der Waals surface area contributed by atoms with Crippen LogP contribution < -0.4 is 10.5 Å². The van der Waals surface area contributed by atoms with Gasteiger partial charge in [0, 0.05) is 38.3 Å². The lowest BCUT2D eigenvalue weighted by Gasteiger charge is -2.34. The molecule has 1 aliphatic rings. The number of primary amides is 1. The summed E-state index contributed by atoms with van der Waals surface area (Å²) in [6.07, 6.45) is 0. The zero-order valence-electron chi connectivity index (χ0n) is 15.5. The Kier molecular flexibility index (Phi) is 6.25. The molecular weight excluding hydrogens is 356 g/mol. The molecule has 0 unspecified atom stereocenters. The fourth-order valence-corrected chi connectivity index (χ4v) is 3.08. The third-order valence-electron chi connectivity index (χ3n) is 4.63. The molecular formula is C21H22N4O3. The average molecular weight is 378 g/mol. The van der Waals surface area contributed by atoms with E-state index in [0.717, 1.165) is 25.2 Å². The molecule has 0 spiro atoms. The van der Waals surface area contributed by atoms with Gasteiger partial charge < -0.3 is 15.4 Å². The van der Waals surface area contributed by atoms with Crippen LogP contribution in [0.25, 0.3) is 0 Å². The zero-order valence-corrected chi connectivity index (χ0v) is 15.5. The third-order valence-corrected chi connectivity index (χ3v) is 4.63. The molecule has 7 nitrogen and oxygen atoms in total. The predicted octanol–water partition coefficient (Wildman–Crippen LogP) is 1.38. The second-order valence-corrected chi connectivity index (χ2v) is 6.66. The molecule has 2 aromatic rings. The number of amides is 2. The Bertz CT molecular complexity index is 864. The molecule has 28 heavy (non-hydrogen) atoms. The van der Waals surface area contributed by atoms with Crippen molar-refractivity contribution < 1.29 is 14.3 Å². The van der Waals surface area contributed by atoms with Gasteiger partial charge in [-0.05, 0) is 42.0 Å². The molecule has 2 aromatic carbocycles. The fraction of sp³-hybridized carbons (Fsp3) is 0.286. The van der Waals surface area contributed by atoms with Gasteiger partial charge in [-0.15, -0.1) is 0 Å². The summed E-state index contributed by atoms with van der Waals surface area (Å²) in [4.78, 5) is 27.6. The molecule has 1 heterocycles. The topological polar surface area (TPSA) is 99.7 Å². The second kappa shape index (κ2) is 9.02. The van der Waals surface area contributed by atoms with Crippen LogP contribution in [0.5, 0.6) is 5.75 Å². The number of nitrogens with zero attached hydrogens (tertiary/aromatic N) is 3. The average Bonchev–Trinajstić information content (AvgIpc) is 2.73. The van der Waals surface area contributed by atoms with E-state index in [9.17, 15) is 9.59 Å². The normalized spacial score (nSPS) is 14.3. The molecule has 0 radical (unpaired) electrons. The van der Waals surface area contributed by atoms with E-state index in [-0.39, 0.29) is 12.5 Å². The number of piperazine rings is 1. The Morgan fingerprint density at radius 2 is 1.64 bits per heavy atom. The number of nitriles is 1. The first-order valence-electron chi connectivity index (χ1n) is 9.07. The van der Waals surface area contributed by atoms with E-state index >= 15 is 0 Å². The number of rotatable bonds is 6. The highest BCUT2D eigenvalue weighted by molar-refractivity contribution is 5.94. The van der Waals surface area contributed by atoms with E-state index in [1.54, 1.807) is 24.3 Å². The molecule has 144 valence electrons. The summed E-state index contributed by atoms with van der Waals surface area (Å²) in [6.45, 7) is 3.54. The molecule has 0 saturated carbocycles. The summed E-state index contributed by atoms with van der Waals surface area (Å²) >= 11 is 0. The van der Waals surface area contributed by atoms with Gasteiger partial charge in [0.15, 0.2) is 6.61 Å². The first-order chi connectivity index (χ1) is 13.5. The van der Waals surface area contributed by atoms with E-state index in [2.05, 4.69) is 11.0 Å². The monoisotopic (exact) mass is 378 g/mol. The van der Waals surface area contributed by atoms with Crippen molar-refractivity contribution >= 4 is 11.8 Å². The van der Waals surface area contributed by atoms with Crippen LogP contribution in [-0.4, -0.2) is 54.4 Å². The maximum absolute atomic E-state index is 12.7. The van der Waals surface area contributed by atoms with Crippen molar-refractivity contribution in [3.05, 3.63) is 65.2 Å². The largest absolute Gasteiger partial charge is 0.484 e. The van der Waals surface area contributed by atoms with Gasteiger partial charge in [0.05, 0.1) is 11.6 Å². The Balaban J connectivity index is 1.50. The van der Waals surface area contributed by atoms with E-state index in [1.165, 1.54) is 0 Å². The van der Waals surface area contributed by atoms with Gasteiger partial charge in [-0.1, -0.05) is 12.1 Å². The summed E-state index contributed by atoms with van der Waals surface area (Å²) in [5, 5.41) is 8.87. The molecule has 0 atom stereocenters. The number of ether oxygens (including phenoxy) is 1. The highest BCUT2D eigenvalue weighted by Crippen LogP contribution is 2.16. The fourth-order valence-electron chi connectivity index (χ4n) is 3.08. The van der Waals surface area contributed by atoms with Crippen LogP contribution in [0.3, 0.4) is 0 Å². The molecule has 1 aliphatic heterocycles. The van der Waals surface area contributed by atoms with Crippen LogP contribution in [0.1, 0.15) is 21.5 Å². The molecule has 2 amide bonds. The highest BCUT2D eigenvalue weighted by Gasteiger charge is 2.22. The lowest BCUT2D eigenvalue weighted by molar-refractivity contribution is -0.119. The molecule has 0 bridgehead atoms. The SMILES string of the molecule is N#Cc1ccc(CN2CCN(C(=O)c3ccc(OCC(N)=O)cc3)CC2)cc1. The van der Waals surface area contributed by atoms with E-state index in [4.69, 9.17) is 15.7 Å². The number of nitrogens with two attached hydrogens (primary N) is 1. The van der Waals surface area contributed by atoms with E-state index in [0.29, 0.717) is 30.0 Å². The lowest BCUT2D eigenvalue weighted by atomic mass is 10.1. The number of benzene rings is 2. The summed E-state index contributed by atoms with van der Waals surface area (Å²) in [7, 11) is 0. The van der Waals surface area contributed by atoms with Crippen molar-refractivity contribution in [1.29, 1.82) is 5.26 Å². The maximum Gasteiger partial charge on any atom is 0.255 e. The minimum Gasteiger partial charge on any atom is -0.484 e. The molecule has 1 fully saturated rings. The Morgan fingerprint density at radius 3 is 2.21 bits per heavy atom. The van der Waals surface area contributed by atoms with Gasteiger partial charge in [-0.25, -0.2) is 0 Å². The summed E-state index contributed by atoms with van der Waals surface area (Å²) in [5.74, 6) is -0.0545. The number of hydrogen-bond acceptors (Lipinski definition) is 5. The van der Waals surface area contributed by atoms with Crippen molar-refractivity contribution in [2.24, 2.45) is 5.73 Å².